The molecule has 0 atom stereocenters. The van der Waals surface area contributed by atoms with Gasteiger partial charge in [-0.05, 0) is 59.0 Å². The maximum Gasteiger partial charge on any atom is 0.416 e. The molecular formula is C61H34BF24NO2. The van der Waals surface area contributed by atoms with Crippen LogP contribution in [-0.4, -0.2) is 12.1 Å². The number of hydrogen-bond acceptors (Lipinski definition) is 2. The Morgan fingerprint density at radius 3 is 0.955 bits per heavy atom. The molecule has 0 fully saturated rings. The summed E-state index contributed by atoms with van der Waals surface area (Å²) in [5.41, 5.74) is -26.3. The highest BCUT2D eigenvalue weighted by Crippen LogP contribution is 2.42. The number of rotatable bonds is 9. The van der Waals surface area contributed by atoms with E-state index in [9.17, 15) is 110 Å². The van der Waals surface area contributed by atoms with E-state index in [1.54, 1.807) is 0 Å². The molecule has 0 aliphatic heterocycles. The number of ether oxygens (including phenoxy) is 1. The number of alkyl halides is 24. The van der Waals surface area contributed by atoms with Crippen LogP contribution in [0.2, 0.25) is 0 Å². The molecule has 0 aliphatic carbocycles. The van der Waals surface area contributed by atoms with E-state index < -0.39 is 195 Å². The highest BCUT2D eigenvalue weighted by Gasteiger charge is 2.47. The van der Waals surface area contributed by atoms with E-state index >= 15 is 0 Å². The first-order valence-electron chi connectivity index (χ1n) is 25.2. The lowest BCUT2D eigenvalue weighted by Gasteiger charge is -2.46. The maximum absolute atomic E-state index is 14.2. The molecule has 0 N–H and O–H groups in total. The number of fused-ring (bicyclic) bond motifs is 1. The van der Waals surface area contributed by atoms with Gasteiger partial charge in [0.1, 0.15) is 11.9 Å². The molecule has 466 valence electrons. The molecule has 1 heterocycles. The van der Waals surface area contributed by atoms with Gasteiger partial charge in [-0.15, -0.1) is 0 Å². The number of esters is 1. The van der Waals surface area contributed by atoms with Gasteiger partial charge in [-0.3, -0.25) is 0 Å². The van der Waals surface area contributed by atoms with Gasteiger partial charge in [0.05, 0.1) is 49.9 Å². The zero-order valence-electron chi connectivity index (χ0n) is 44.1. The molecule has 0 saturated carbocycles. The number of carbonyl (C=O) groups is 1. The number of halogens is 24. The van der Waals surface area contributed by atoms with Crippen molar-refractivity contribution >= 4 is 44.7 Å². The predicted molar refractivity (Wildman–Crippen MR) is 277 cm³/mol. The molecule has 28 heteroatoms. The summed E-state index contributed by atoms with van der Waals surface area (Å²) < 4.78 is 349. The van der Waals surface area contributed by atoms with Gasteiger partial charge in [0.15, 0.2) is 12.7 Å². The average Bonchev–Trinajstić information content (AvgIpc) is 0.712. The summed E-state index contributed by atoms with van der Waals surface area (Å²) in [5, 5.41) is 1.88. The second kappa shape index (κ2) is 23.9. The summed E-state index contributed by atoms with van der Waals surface area (Å²) in [6.45, 7) is 0.586. The molecule has 89 heavy (non-hydrogen) atoms. The lowest BCUT2D eigenvalue weighted by molar-refractivity contribution is -0.689. The summed E-state index contributed by atoms with van der Waals surface area (Å²) in [7, 11) is 0. The summed E-state index contributed by atoms with van der Waals surface area (Å²) in [5.74, 6) is 0.152. The standard InChI is InChI=1S/C32H12BF24.C29H22NO2/c34-25(35,36)13-1-14(26(37,38)39)6-21(5-13)33(22-7-15(27(40,41)42)2-16(8-22)28(43,44)45,23-9-17(29(46,47)48)3-18(10-23)30(49,50)51)24-11-19(31(52,53)54)4-20(12-24)32(55,56)57;31-29(32-26-17-15-24(16-18-26)23-11-5-2-6-12-23)28-27-14-8-7-13-25(27)19-20-30(28)21-22-9-3-1-4-10-22/h1-12H;1-20H,21H2/q-1;+1. The van der Waals surface area contributed by atoms with Crippen LogP contribution in [0.3, 0.4) is 0 Å². The Bertz CT molecular complexity index is 3590. The van der Waals surface area contributed by atoms with E-state index in [4.69, 9.17) is 4.74 Å². The van der Waals surface area contributed by atoms with Crippen LogP contribution in [0.25, 0.3) is 21.9 Å². The van der Waals surface area contributed by atoms with Crippen molar-refractivity contribution in [3.63, 3.8) is 0 Å². The molecule has 0 amide bonds. The average molecular weight is 1280 g/mol. The minimum atomic E-state index is -6.13. The van der Waals surface area contributed by atoms with Gasteiger partial charge >= 0.3 is 55.4 Å². The number of pyridine rings is 1. The van der Waals surface area contributed by atoms with Gasteiger partial charge in [-0.1, -0.05) is 140 Å². The Morgan fingerprint density at radius 2 is 0.629 bits per heavy atom. The maximum atomic E-state index is 14.2. The van der Waals surface area contributed by atoms with Crippen LogP contribution in [-0.2, 0) is 56.0 Å². The zero-order chi connectivity index (χ0) is 65.7. The van der Waals surface area contributed by atoms with Crippen LogP contribution in [0.4, 0.5) is 105 Å². The van der Waals surface area contributed by atoms with Crippen molar-refractivity contribution in [2.24, 2.45) is 0 Å². The van der Waals surface area contributed by atoms with Crippen molar-refractivity contribution in [1.82, 2.24) is 0 Å². The Labute approximate surface area is 486 Å². The summed E-state index contributed by atoms with van der Waals surface area (Å²) in [4.78, 5) is 13.4. The molecule has 3 nitrogen and oxygen atoms in total. The predicted octanol–water partition coefficient (Wildman–Crippen LogP) is 17.3. The first kappa shape index (κ1) is 66.0. The Balaban J connectivity index is 0.000000267. The fourth-order valence-corrected chi connectivity index (χ4v) is 9.97. The SMILES string of the molecule is FC(F)(F)c1cc([B-](c2cc(C(F)(F)F)cc(C(F)(F)F)c2)(c2cc(C(F)(F)F)cc(C(F)(F)F)c2)c2cc(C(F)(F)F)cc(C(F)(F)F)c2)cc(C(F)(F)F)c1.O=C(Oc1ccc(-c2ccccc2)cc1)c1c2ccccc2cc[n+]1Cc1ccccc1. The van der Waals surface area contributed by atoms with Gasteiger partial charge < -0.3 is 4.74 Å². The van der Waals surface area contributed by atoms with Crippen molar-refractivity contribution in [2.75, 3.05) is 0 Å². The van der Waals surface area contributed by atoms with Gasteiger partial charge in [0, 0.05) is 11.6 Å². The van der Waals surface area contributed by atoms with Gasteiger partial charge in [-0.25, -0.2) is 4.79 Å². The molecule has 9 aromatic rings. The highest BCUT2D eigenvalue weighted by molar-refractivity contribution is 7.20. The molecule has 0 unspecified atom stereocenters. The summed E-state index contributed by atoms with van der Waals surface area (Å²) in [6, 6.07) is 29.0. The third kappa shape index (κ3) is 15.0. The third-order valence-corrected chi connectivity index (χ3v) is 13.9. The fraction of sp³-hybridized carbons (Fsp3) is 0.148. The topological polar surface area (TPSA) is 30.2 Å². The second-order valence-corrected chi connectivity index (χ2v) is 19.9. The summed E-state index contributed by atoms with van der Waals surface area (Å²) in [6.07, 6.45) is -52.9. The van der Waals surface area contributed by atoms with Crippen molar-refractivity contribution in [3.8, 4) is 16.9 Å². The van der Waals surface area contributed by atoms with Crippen LogP contribution in [0.15, 0.2) is 194 Å². The fourth-order valence-electron chi connectivity index (χ4n) is 9.97. The molecule has 0 bridgehead atoms. The molecule has 1 aromatic heterocycles. The summed E-state index contributed by atoms with van der Waals surface area (Å²) >= 11 is 0. The minimum absolute atomic E-state index is 0.370. The van der Waals surface area contributed by atoms with E-state index in [0.717, 1.165) is 27.5 Å². The Morgan fingerprint density at radius 1 is 0.337 bits per heavy atom. The number of aromatic nitrogens is 1. The number of hydrogen-bond donors (Lipinski definition) is 0. The van der Waals surface area contributed by atoms with Gasteiger partial charge in [0.2, 0.25) is 0 Å². The molecule has 0 spiro atoms. The van der Waals surface area contributed by atoms with E-state index in [0.29, 0.717) is 18.0 Å². The Kier molecular flexibility index (Phi) is 17.7. The van der Waals surface area contributed by atoms with Crippen LogP contribution in [0.5, 0.6) is 5.75 Å². The third-order valence-electron chi connectivity index (χ3n) is 13.9. The van der Waals surface area contributed by atoms with Gasteiger partial charge in [0.25, 0.3) is 5.69 Å². The van der Waals surface area contributed by atoms with Crippen LogP contribution < -0.4 is 31.2 Å². The molecule has 0 saturated heterocycles. The van der Waals surface area contributed by atoms with E-state index in [2.05, 4.69) is 24.3 Å². The van der Waals surface area contributed by atoms with Crippen LogP contribution in [0.1, 0.15) is 60.6 Å². The molecule has 8 aromatic carbocycles. The van der Waals surface area contributed by atoms with E-state index in [-0.39, 0.29) is 5.97 Å². The molecular weight excluding hydrogens is 1250 g/mol. The van der Waals surface area contributed by atoms with Gasteiger partial charge in [-0.2, -0.15) is 132 Å². The van der Waals surface area contributed by atoms with Crippen molar-refractivity contribution in [2.45, 2.75) is 56.0 Å². The largest absolute Gasteiger partial charge is 0.419 e. The quantitative estimate of drug-likeness (QED) is 0.0474. The second-order valence-electron chi connectivity index (χ2n) is 19.9. The lowest BCUT2D eigenvalue weighted by atomic mass is 9.12. The van der Waals surface area contributed by atoms with E-state index in [1.165, 1.54) is 0 Å². The van der Waals surface area contributed by atoms with Crippen molar-refractivity contribution < 1.29 is 119 Å². The minimum Gasteiger partial charge on any atom is -0.419 e. The molecule has 0 aliphatic rings. The molecule has 9 rings (SSSR count). The number of nitrogens with zero attached hydrogens (tertiary/aromatic N) is 1. The normalized spacial score (nSPS) is 13.0. The monoisotopic (exact) mass is 1280 g/mol. The molecule has 0 radical (unpaired) electrons. The van der Waals surface area contributed by atoms with Crippen LogP contribution >= 0.6 is 0 Å². The van der Waals surface area contributed by atoms with Crippen molar-refractivity contribution in [1.29, 1.82) is 0 Å². The highest BCUT2D eigenvalue weighted by atomic mass is 19.4. The first-order valence-corrected chi connectivity index (χ1v) is 25.2. The Hall–Kier alpha value is -8.98. The number of carbonyl (C=O) groups excluding carboxylic acids is 1. The first-order chi connectivity index (χ1) is 41.0. The number of benzene rings is 8. The lowest BCUT2D eigenvalue weighted by Crippen LogP contribution is -2.75. The van der Waals surface area contributed by atoms with E-state index in [1.807, 2.05) is 102 Å². The van der Waals surface area contributed by atoms with Crippen molar-refractivity contribution in [3.05, 3.63) is 250 Å². The smallest absolute Gasteiger partial charge is 0.416 e. The van der Waals surface area contributed by atoms with Crippen LogP contribution in [0, 0.1) is 0 Å². The zero-order valence-corrected chi connectivity index (χ0v) is 44.1.